The van der Waals surface area contributed by atoms with E-state index in [1.807, 2.05) is 24.5 Å². The summed E-state index contributed by atoms with van der Waals surface area (Å²) in [5, 5.41) is 9.86. The molecule has 2 unspecified atom stereocenters. The number of rotatable bonds is 3. The van der Waals surface area contributed by atoms with Crippen LogP contribution in [0.5, 0.6) is 0 Å². The maximum atomic E-state index is 9.86. The molecule has 1 aromatic carbocycles. The number of aryl methyl sites for hydroxylation is 1. The molecule has 1 heterocycles. The maximum absolute atomic E-state index is 9.86. The SMILES string of the molecule is CCn1cnc2cc(C(O)C(C)N)ccc21. The number of hydrogen-bond donors (Lipinski definition) is 2. The average Bonchev–Trinajstić information content (AvgIpc) is 2.69. The molecule has 0 aliphatic carbocycles. The number of aliphatic hydroxyl groups is 1. The first-order chi connectivity index (χ1) is 7.63. The van der Waals surface area contributed by atoms with Crippen molar-refractivity contribution in [2.45, 2.75) is 32.5 Å². The molecule has 2 atom stereocenters. The van der Waals surface area contributed by atoms with Crippen LogP contribution < -0.4 is 5.73 Å². The van der Waals surface area contributed by atoms with E-state index in [0.29, 0.717) is 0 Å². The third kappa shape index (κ3) is 1.81. The zero-order valence-electron chi connectivity index (χ0n) is 9.59. The highest BCUT2D eigenvalue weighted by atomic mass is 16.3. The lowest BCUT2D eigenvalue weighted by atomic mass is 10.0. The summed E-state index contributed by atoms with van der Waals surface area (Å²) in [4.78, 5) is 4.30. The quantitative estimate of drug-likeness (QED) is 0.821. The Balaban J connectivity index is 2.45. The standard InChI is InChI=1S/C12H17N3O/c1-3-15-7-14-10-6-9(4-5-11(10)15)12(16)8(2)13/h4-8,12,16H,3,13H2,1-2H3. The summed E-state index contributed by atoms with van der Waals surface area (Å²) < 4.78 is 2.07. The summed E-state index contributed by atoms with van der Waals surface area (Å²) in [7, 11) is 0. The average molecular weight is 219 g/mol. The number of fused-ring (bicyclic) bond motifs is 1. The van der Waals surface area contributed by atoms with Crippen LogP contribution in [0.2, 0.25) is 0 Å². The minimum atomic E-state index is -0.629. The van der Waals surface area contributed by atoms with E-state index in [0.717, 1.165) is 23.1 Å². The van der Waals surface area contributed by atoms with Crippen LogP contribution in [-0.2, 0) is 6.54 Å². The molecule has 0 aliphatic heterocycles. The summed E-state index contributed by atoms with van der Waals surface area (Å²) in [6.45, 7) is 4.76. The van der Waals surface area contributed by atoms with E-state index in [1.165, 1.54) is 0 Å². The number of nitrogens with two attached hydrogens (primary N) is 1. The Bertz CT molecular complexity index is 490. The van der Waals surface area contributed by atoms with Gasteiger partial charge < -0.3 is 15.4 Å². The molecule has 0 saturated carbocycles. The molecule has 0 fully saturated rings. The Hall–Kier alpha value is -1.39. The molecule has 16 heavy (non-hydrogen) atoms. The molecule has 1 aromatic heterocycles. The molecule has 0 saturated heterocycles. The molecule has 0 aliphatic rings. The van der Waals surface area contributed by atoms with Crippen LogP contribution >= 0.6 is 0 Å². The zero-order valence-corrected chi connectivity index (χ0v) is 9.59. The predicted octanol–water partition coefficient (Wildman–Crippen LogP) is 1.44. The van der Waals surface area contributed by atoms with Gasteiger partial charge in [0.15, 0.2) is 0 Å². The molecule has 4 heteroatoms. The minimum absolute atomic E-state index is 0.272. The molecule has 86 valence electrons. The van der Waals surface area contributed by atoms with Gasteiger partial charge in [0.1, 0.15) is 0 Å². The fourth-order valence-corrected chi connectivity index (χ4v) is 1.82. The van der Waals surface area contributed by atoms with Gasteiger partial charge in [-0.15, -0.1) is 0 Å². The van der Waals surface area contributed by atoms with E-state index in [1.54, 1.807) is 6.92 Å². The van der Waals surface area contributed by atoms with Crippen LogP contribution in [0.1, 0.15) is 25.5 Å². The van der Waals surface area contributed by atoms with E-state index in [2.05, 4.69) is 16.5 Å². The van der Waals surface area contributed by atoms with Gasteiger partial charge in [0, 0.05) is 12.6 Å². The second kappa shape index (κ2) is 4.23. The van der Waals surface area contributed by atoms with E-state index >= 15 is 0 Å². The van der Waals surface area contributed by atoms with Crippen LogP contribution in [-0.4, -0.2) is 20.7 Å². The van der Waals surface area contributed by atoms with Gasteiger partial charge in [0.2, 0.25) is 0 Å². The summed E-state index contributed by atoms with van der Waals surface area (Å²) >= 11 is 0. The van der Waals surface area contributed by atoms with Crippen LogP contribution in [0.25, 0.3) is 11.0 Å². The van der Waals surface area contributed by atoms with Gasteiger partial charge >= 0.3 is 0 Å². The van der Waals surface area contributed by atoms with Crippen molar-refractivity contribution in [2.24, 2.45) is 5.73 Å². The lowest BCUT2D eigenvalue weighted by molar-refractivity contribution is 0.153. The minimum Gasteiger partial charge on any atom is -0.387 e. The van der Waals surface area contributed by atoms with E-state index in [9.17, 15) is 5.11 Å². The number of imidazole rings is 1. The van der Waals surface area contributed by atoms with Crippen molar-refractivity contribution < 1.29 is 5.11 Å². The number of nitrogens with zero attached hydrogens (tertiary/aromatic N) is 2. The van der Waals surface area contributed by atoms with Crippen molar-refractivity contribution in [3.63, 3.8) is 0 Å². The Labute approximate surface area is 94.7 Å². The summed E-state index contributed by atoms with van der Waals surface area (Å²) in [5.41, 5.74) is 8.48. The fraction of sp³-hybridized carbons (Fsp3) is 0.417. The largest absolute Gasteiger partial charge is 0.387 e. The van der Waals surface area contributed by atoms with Gasteiger partial charge in [-0.25, -0.2) is 4.98 Å². The number of hydrogen-bond acceptors (Lipinski definition) is 3. The van der Waals surface area contributed by atoms with Crippen molar-refractivity contribution in [1.82, 2.24) is 9.55 Å². The number of benzene rings is 1. The summed E-state index contributed by atoms with van der Waals surface area (Å²) in [6, 6.07) is 5.51. The van der Waals surface area contributed by atoms with Crippen LogP contribution in [0.3, 0.4) is 0 Å². The molecule has 0 radical (unpaired) electrons. The van der Waals surface area contributed by atoms with Crippen molar-refractivity contribution in [3.8, 4) is 0 Å². The Morgan fingerprint density at radius 1 is 1.50 bits per heavy atom. The van der Waals surface area contributed by atoms with Crippen LogP contribution in [0.15, 0.2) is 24.5 Å². The highest BCUT2D eigenvalue weighted by Crippen LogP contribution is 2.21. The molecule has 4 nitrogen and oxygen atoms in total. The van der Waals surface area contributed by atoms with Crippen molar-refractivity contribution in [3.05, 3.63) is 30.1 Å². The van der Waals surface area contributed by atoms with Crippen molar-refractivity contribution in [1.29, 1.82) is 0 Å². The highest BCUT2D eigenvalue weighted by molar-refractivity contribution is 5.76. The van der Waals surface area contributed by atoms with Crippen molar-refractivity contribution >= 4 is 11.0 Å². The molecular weight excluding hydrogens is 202 g/mol. The number of aromatic nitrogens is 2. The maximum Gasteiger partial charge on any atom is 0.0958 e. The Kier molecular flexibility index (Phi) is 2.94. The summed E-state index contributed by atoms with van der Waals surface area (Å²) in [6.07, 6.45) is 1.18. The highest BCUT2D eigenvalue weighted by Gasteiger charge is 2.13. The topological polar surface area (TPSA) is 64.1 Å². The first-order valence-electron chi connectivity index (χ1n) is 5.52. The normalized spacial score (nSPS) is 15.2. The van der Waals surface area contributed by atoms with Gasteiger partial charge in [-0.1, -0.05) is 6.07 Å². The van der Waals surface area contributed by atoms with Gasteiger partial charge in [0.05, 0.1) is 23.5 Å². The molecule has 0 spiro atoms. The van der Waals surface area contributed by atoms with Gasteiger partial charge in [0.25, 0.3) is 0 Å². The molecule has 2 rings (SSSR count). The molecule has 0 bridgehead atoms. The smallest absolute Gasteiger partial charge is 0.0958 e. The lowest BCUT2D eigenvalue weighted by Gasteiger charge is -2.14. The number of aliphatic hydroxyl groups excluding tert-OH is 1. The van der Waals surface area contributed by atoms with Crippen molar-refractivity contribution in [2.75, 3.05) is 0 Å². The predicted molar refractivity (Wildman–Crippen MR) is 64.0 cm³/mol. The molecule has 2 aromatic rings. The third-order valence-electron chi connectivity index (χ3n) is 2.83. The van der Waals surface area contributed by atoms with Gasteiger partial charge in [-0.05, 0) is 31.5 Å². The monoisotopic (exact) mass is 219 g/mol. The fourth-order valence-electron chi connectivity index (χ4n) is 1.82. The second-order valence-corrected chi connectivity index (χ2v) is 4.08. The van der Waals surface area contributed by atoms with Crippen LogP contribution in [0.4, 0.5) is 0 Å². The molecule has 0 amide bonds. The van der Waals surface area contributed by atoms with E-state index in [4.69, 9.17) is 5.73 Å². The first-order valence-corrected chi connectivity index (χ1v) is 5.52. The van der Waals surface area contributed by atoms with E-state index < -0.39 is 6.10 Å². The van der Waals surface area contributed by atoms with Gasteiger partial charge in [-0.3, -0.25) is 0 Å². The Morgan fingerprint density at radius 3 is 2.88 bits per heavy atom. The van der Waals surface area contributed by atoms with E-state index in [-0.39, 0.29) is 6.04 Å². The molecular formula is C12H17N3O. The van der Waals surface area contributed by atoms with Crippen LogP contribution in [0, 0.1) is 0 Å². The second-order valence-electron chi connectivity index (χ2n) is 4.08. The van der Waals surface area contributed by atoms with Gasteiger partial charge in [-0.2, -0.15) is 0 Å². The summed E-state index contributed by atoms with van der Waals surface area (Å²) in [5.74, 6) is 0. The lowest BCUT2D eigenvalue weighted by Crippen LogP contribution is -2.24. The molecule has 3 N–H and O–H groups in total. The Morgan fingerprint density at radius 2 is 2.25 bits per heavy atom. The zero-order chi connectivity index (χ0) is 11.7. The first kappa shape index (κ1) is 11.1. The third-order valence-corrected chi connectivity index (χ3v) is 2.83.